The lowest BCUT2D eigenvalue weighted by molar-refractivity contribution is 0.467. The van der Waals surface area contributed by atoms with Crippen molar-refractivity contribution >= 4 is 21.7 Å². The fourth-order valence-electron chi connectivity index (χ4n) is 2.11. The fourth-order valence-corrected chi connectivity index (χ4v) is 2.11. The van der Waals surface area contributed by atoms with Gasteiger partial charge in [-0.3, -0.25) is 0 Å². The summed E-state index contributed by atoms with van der Waals surface area (Å²) in [5.41, 5.74) is 0.411. The van der Waals surface area contributed by atoms with E-state index in [1.165, 1.54) is 6.07 Å². The van der Waals surface area contributed by atoms with Gasteiger partial charge in [-0.25, -0.2) is 9.18 Å². The molecule has 1 heterocycles. The van der Waals surface area contributed by atoms with Gasteiger partial charge in [0.15, 0.2) is 0 Å². The van der Waals surface area contributed by atoms with Gasteiger partial charge in [0.2, 0.25) is 0 Å². The van der Waals surface area contributed by atoms with E-state index in [2.05, 4.69) is 0 Å². The number of hydrogen-bond donors (Lipinski definition) is 1. The Hall–Kier alpha value is -2.36. The van der Waals surface area contributed by atoms with Crippen LogP contribution in [0.2, 0.25) is 0 Å². The third kappa shape index (κ3) is 1.46. The molecule has 90 valence electrons. The Morgan fingerprint density at radius 2 is 1.94 bits per heavy atom. The summed E-state index contributed by atoms with van der Waals surface area (Å²) in [6.45, 7) is 1.84. The van der Waals surface area contributed by atoms with Gasteiger partial charge in [-0.05, 0) is 13.0 Å². The molecular weight excluding hydrogens is 235 g/mol. The molecule has 0 bridgehead atoms. The van der Waals surface area contributed by atoms with Gasteiger partial charge < -0.3 is 9.52 Å². The predicted molar refractivity (Wildman–Crippen MR) is 66.3 cm³/mol. The first kappa shape index (κ1) is 10.8. The van der Waals surface area contributed by atoms with E-state index in [1.807, 2.05) is 6.92 Å². The maximum Gasteiger partial charge on any atom is 0.344 e. The van der Waals surface area contributed by atoms with E-state index in [0.29, 0.717) is 10.8 Å². The summed E-state index contributed by atoms with van der Waals surface area (Å²) in [6, 6.07) is 7.38. The Kier molecular flexibility index (Phi) is 2.13. The van der Waals surface area contributed by atoms with Gasteiger partial charge in [0.05, 0.1) is 10.8 Å². The molecular formula is C14H9FO3. The number of halogens is 1. The van der Waals surface area contributed by atoms with Crippen molar-refractivity contribution in [1.82, 2.24) is 0 Å². The molecule has 4 heteroatoms. The van der Waals surface area contributed by atoms with Crippen molar-refractivity contribution in [1.29, 1.82) is 0 Å². The van der Waals surface area contributed by atoms with Crippen molar-refractivity contribution in [3.63, 3.8) is 0 Å². The van der Waals surface area contributed by atoms with Gasteiger partial charge in [-0.1, -0.05) is 17.7 Å². The van der Waals surface area contributed by atoms with E-state index >= 15 is 0 Å². The summed E-state index contributed by atoms with van der Waals surface area (Å²) in [4.78, 5) is 11.8. The van der Waals surface area contributed by atoms with Gasteiger partial charge in [0.1, 0.15) is 17.1 Å². The van der Waals surface area contributed by atoms with E-state index in [9.17, 15) is 14.3 Å². The summed E-state index contributed by atoms with van der Waals surface area (Å²) in [5.74, 6) is -0.878. The molecule has 0 amide bonds. The van der Waals surface area contributed by atoms with Crippen LogP contribution in [0.3, 0.4) is 0 Å². The summed E-state index contributed by atoms with van der Waals surface area (Å²) in [7, 11) is 0. The zero-order chi connectivity index (χ0) is 12.9. The van der Waals surface area contributed by atoms with Crippen molar-refractivity contribution in [2.24, 2.45) is 0 Å². The Morgan fingerprint density at radius 1 is 1.17 bits per heavy atom. The topological polar surface area (TPSA) is 50.4 Å². The highest BCUT2D eigenvalue weighted by Gasteiger charge is 2.12. The van der Waals surface area contributed by atoms with Gasteiger partial charge >= 0.3 is 5.63 Å². The molecule has 18 heavy (non-hydrogen) atoms. The minimum atomic E-state index is -0.609. The highest BCUT2D eigenvalue weighted by molar-refractivity contribution is 6.05. The van der Waals surface area contributed by atoms with Crippen molar-refractivity contribution in [2.75, 3.05) is 0 Å². The molecule has 0 saturated carbocycles. The molecule has 3 aromatic rings. The van der Waals surface area contributed by atoms with Crippen LogP contribution in [0.5, 0.6) is 5.75 Å². The molecule has 0 spiro atoms. The lowest BCUT2D eigenvalue weighted by Crippen LogP contribution is -2.01. The normalized spacial score (nSPS) is 11.2. The smallest absolute Gasteiger partial charge is 0.344 e. The molecule has 3 nitrogen and oxygen atoms in total. The van der Waals surface area contributed by atoms with E-state index in [-0.39, 0.29) is 16.7 Å². The number of benzene rings is 2. The number of aryl methyl sites for hydroxylation is 1. The number of phenols is 1. The molecule has 0 aliphatic heterocycles. The second-order valence-corrected chi connectivity index (χ2v) is 4.24. The summed E-state index contributed by atoms with van der Waals surface area (Å²) in [6.07, 6.45) is 0. The van der Waals surface area contributed by atoms with E-state index < -0.39 is 11.4 Å². The average Bonchev–Trinajstić information content (AvgIpc) is 2.29. The van der Waals surface area contributed by atoms with Gasteiger partial charge in [-0.15, -0.1) is 0 Å². The molecule has 0 aliphatic carbocycles. The molecule has 1 aromatic heterocycles. The highest BCUT2D eigenvalue weighted by atomic mass is 19.1. The standard InChI is InChI=1S/C14H9FO3/c1-7-2-3-9-10(4-7)14(17)18-12-6-8(16)5-11(15)13(9)12/h2-6,16H,1H3. The molecule has 0 saturated heterocycles. The Morgan fingerprint density at radius 3 is 2.72 bits per heavy atom. The van der Waals surface area contributed by atoms with Crippen LogP contribution in [0, 0.1) is 12.7 Å². The van der Waals surface area contributed by atoms with Crippen molar-refractivity contribution in [3.8, 4) is 5.75 Å². The van der Waals surface area contributed by atoms with Crippen LogP contribution >= 0.6 is 0 Å². The largest absolute Gasteiger partial charge is 0.508 e. The van der Waals surface area contributed by atoms with Gasteiger partial charge in [-0.2, -0.15) is 0 Å². The van der Waals surface area contributed by atoms with E-state index in [0.717, 1.165) is 11.6 Å². The van der Waals surface area contributed by atoms with Gasteiger partial charge in [0.25, 0.3) is 0 Å². The second kappa shape index (κ2) is 3.57. The van der Waals surface area contributed by atoms with E-state index in [1.54, 1.807) is 18.2 Å². The third-order valence-corrected chi connectivity index (χ3v) is 2.91. The van der Waals surface area contributed by atoms with Crippen LogP contribution in [0.15, 0.2) is 39.5 Å². The first-order valence-corrected chi connectivity index (χ1v) is 5.42. The number of fused-ring (bicyclic) bond motifs is 3. The molecule has 0 fully saturated rings. The first-order chi connectivity index (χ1) is 8.56. The zero-order valence-electron chi connectivity index (χ0n) is 9.53. The Balaban J connectivity index is 2.65. The van der Waals surface area contributed by atoms with E-state index in [4.69, 9.17) is 4.42 Å². The number of phenolic OH excluding ortho intramolecular Hbond substituents is 1. The molecule has 0 aliphatic rings. The van der Waals surface area contributed by atoms with Crippen LogP contribution in [0.4, 0.5) is 4.39 Å². The van der Waals surface area contributed by atoms with Crippen LogP contribution in [0.25, 0.3) is 21.7 Å². The Labute approximate surface area is 101 Å². The zero-order valence-corrected chi connectivity index (χ0v) is 9.53. The maximum absolute atomic E-state index is 13.9. The van der Waals surface area contributed by atoms with Crippen LogP contribution in [-0.4, -0.2) is 5.11 Å². The lowest BCUT2D eigenvalue weighted by Gasteiger charge is -2.05. The molecule has 2 aromatic carbocycles. The summed E-state index contributed by atoms with van der Waals surface area (Å²) < 4.78 is 18.9. The van der Waals surface area contributed by atoms with Crippen LogP contribution in [0.1, 0.15) is 5.56 Å². The van der Waals surface area contributed by atoms with Crippen molar-refractivity contribution < 1.29 is 13.9 Å². The number of rotatable bonds is 0. The Bertz CT molecular complexity index is 834. The number of hydrogen-bond acceptors (Lipinski definition) is 3. The summed E-state index contributed by atoms with van der Waals surface area (Å²) in [5, 5.41) is 10.4. The van der Waals surface area contributed by atoms with Gasteiger partial charge in [0, 0.05) is 17.5 Å². The SMILES string of the molecule is Cc1ccc2c(c1)c(=O)oc1cc(O)cc(F)c12. The quantitative estimate of drug-likeness (QED) is 0.488. The maximum atomic E-state index is 13.9. The summed E-state index contributed by atoms with van der Waals surface area (Å²) >= 11 is 0. The minimum absolute atomic E-state index is 0.0499. The van der Waals surface area contributed by atoms with Crippen LogP contribution < -0.4 is 5.63 Å². The second-order valence-electron chi connectivity index (χ2n) is 4.24. The van der Waals surface area contributed by atoms with Crippen LogP contribution in [-0.2, 0) is 0 Å². The average molecular weight is 244 g/mol. The van der Waals surface area contributed by atoms with Crippen molar-refractivity contribution in [2.45, 2.75) is 6.92 Å². The monoisotopic (exact) mass is 244 g/mol. The molecule has 3 rings (SSSR count). The highest BCUT2D eigenvalue weighted by Crippen LogP contribution is 2.29. The lowest BCUT2D eigenvalue weighted by atomic mass is 10.1. The minimum Gasteiger partial charge on any atom is -0.508 e. The number of aromatic hydroxyl groups is 1. The van der Waals surface area contributed by atoms with Crippen molar-refractivity contribution in [3.05, 3.63) is 52.1 Å². The molecule has 0 atom stereocenters. The third-order valence-electron chi connectivity index (χ3n) is 2.91. The fraction of sp³-hybridized carbons (Fsp3) is 0.0714. The first-order valence-electron chi connectivity index (χ1n) is 5.42. The molecule has 0 unspecified atom stereocenters. The molecule has 0 radical (unpaired) electrons. The predicted octanol–water partition coefficient (Wildman–Crippen LogP) is 3.10. The molecule has 1 N–H and O–H groups in total.